The number of carboxylic acid groups (broad SMARTS) is 1. The van der Waals surface area contributed by atoms with E-state index in [1.807, 2.05) is 13.8 Å². The molecule has 0 aliphatic heterocycles. The molecule has 0 aromatic heterocycles. The smallest absolute Gasteiger partial charge is 0.326 e. The summed E-state index contributed by atoms with van der Waals surface area (Å²) in [6.07, 6.45) is 3.01. The van der Waals surface area contributed by atoms with Crippen molar-refractivity contribution in [3.63, 3.8) is 0 Å². The molecule has 2 unspecified atom stereocenters. The van der Waals surface area contributed by atoms with Crippen LogP contribution in [0.5, 0.6) is 0 Å². The van der Waals surface area contributed by atoms with E-state index >= 15 is 0 Å². The first-order chi connectivity index (χ1) is 9.47. The molecule has 2 atom stereocenters. The number of methoxy groups -OCH3 is 1. The van der Waals surface area contributed by atoms with Crippen LogP contribution in [0.15, 0.2) is 0 Å². The fourth-order valence-electron chi connectivity index (χ4n) is 1.80. The number of rotatable bonds is 10. The van der Waals surface area contributed by atoms with E-state index in [2.05, 4.69) is 12.2 Å². The summed E-state index contributed by atoms with van der Waals surface area (Å²) < 4.78 is 4.87. The molecule has 20 heavy (non-hydrogen) atoms. The Morgan fingerprint density at radius 1 is 1.35 bits per heavy atom. The number of nitrogens with one attached hydrogen (secondary N) is 1. The predicted octanol–water partition coefficient (Wildman–Crippen LogP) is 2.09. The summed E-state index contributed by atoms with van der Waals surface area (Å²) in [7, 11) is 1.51. The minimum Gasteiger partial charge on any atom is -0.480 e. The van der Waals surface area contributed by atoms with Gasteiger partial charge in [0.05, 0.1) is 0 Å². The topological polar surface area (TPSA) is 78.9 Å². The first-order valence-corrected chi connectivity index (χ1v) is 7.26. The highest BCUT2D eigenvalue weighted by atomic mass is 16.5. The molecular formula is C14H28N2O4. The number of hydrogen-bond donors (Lipinski definition) is 2. The summed E-state index contributed by atoms with van der Waals surface area (Å²) in [5.41, 5.74) is 0. The van der Waals surface area contributed by atoms with Gasteiger partial charge >= 0.3 is 12.0 Å². The molecule has 2 amide bonds. The summed E-state index contributed by atoms with van der Waals surface area (Å²) in [5, 5.41) is 11.7. The van der Waals surface area contributed by atoms with Crippen molar-refractivity contribution in [3.8, 4) is 0 Å². The molecule has 0 aromatic rings. The van der Waals surface area contributed by atoms with Crippen molar-refractivity contribution in [1.29, 1.82) is 0 Å². The van der Waals surface area contributed by atoms with Crippen LogP contribution in [-0.2, 0) is 9.53 Å². The van der Waals surface area contributed by atoms with E-state index in [1.165, 1.54) is 7.11 Å². The normalized spacial score (nSPS) is 13.6. The number of carboxylic acids is 1. The second-order valence-electron chi connectivity index (χ2n) is 4.93. The van der Waals surface area contributed by atoms with E-state index < -0.39 is 12.0 Å². The zero-order valence-corrected chi connectivity index (χ0v) is 13.0. The lowest BCUT2D eigenvalue weighted by Crippen LogP contribution is -2.51. The Labute approximate surface area is 121 Å². The predicted molar refractivity (Wildman–Crippen MR) is 77.8 cm³/mol. The third kappa shape index (κ3) is 6.75. The molecule has 0 heterocycles. The molecule has 0 saturated carbocycles. The molecule has 0 bridgehead atoms. The summed E-state index contributed by atoms with van der Waals surface area (Å²) in [4.78, 5) is 25.1. The average Bonchev–Trinajstić information content (AvgIpc) is 2.42. The lowest BCUT2D eigenvalue weighted by atomic mass is 10.2. The van der Waals surface area contributed by atoms with Gasteiger partial charge in [-0.05, 0) is 19.8 Å². The maximum atomic E-state index is 12.2. The number of carbonyl (C=O) groups excluding carboxylic acids is 1. The molecule has 118 valence electrons. The Hall–Kier alpha value is -1.30. The summed E-state index contributed by atoms with van der Waals surface area (Å²) in [5.74, 6) is -1.03. The molecule has 0 saturated heterocycles. The lowest BCUT2D eigenvalue weighted by molar-refractivity contribution is -0.139. The number of amides is 2. The molecule has 6 nitrogen and oxygen atoms in total. The van der Waals surface area contributed by atoms with E-state index in [0.29, 0.717) is 13.2 Å². The monoisotopic (exact) mass is 288 g/mol. The number of aliphatic carboxylic acids is 1. The van der Waals surface area contributed by atoms with Gasteiger partial charge in [0.2, 0.25) is 0 Å². The Kier molecular flexibility index (Phi) is 9.80. The Bertz CT molecular complexity index is 297. The van der Waals surface area contributed by atoms with Crippen molar-refractivity contribution < 1.29 is 19.4 Å². The minimum atomic E-state index is -1.03. The minimum absolute atomic E-state index is 0.0958. The van der Waals surface area contributed by atoms with Crippen LogP contribution < -0.4 is 5.32 Å². The zero-order valence-electron chi connectivity index (χ0n) is 13.0. The fraction of sp³-hybridized carbons (Fsp3) is 0.857. The van der Waals surface area contributed by atoms with Crippen LogP contribution >= 0.6 is 0 Å². The lowest BCUT2D eigenvalue weighted by Gasteiger charge is -2.30. The van der Waals surface area contributed by atoms with E-state index in [1.54, 1.807) is 4.90 Å². The maximum absolute atomic E-state index is 12.2. The quantitative estimate of drug-likeness (QED) is 0.645. The molecule has 0 radical (unpaired) electrons. The molecule has 0 aliphatic rings. The molecule has 0 spiro atoms. The van der Waals surface area contributed by atoms with Crippen molar-refractivity contribution in [2.75, 3.05) is 20.3 Å². The second-order valence-corrected chi connectivity index (χ2v) is 4.93. The van der Waals surface area contributed by atoms with E-state index in [0.717, 1.165) is 19.3 Å². The van der Waals surface area contributed by atoms with Crippen LogP contribution in [-0.4, -0.2) is 54.4 Å². The average molecular weight is 288 g/mol. The zero-order chi connectivity index (χ0) is 15.5. The molecule has 0 rings (SSSR count). The van der Waals surface area contributed by atoms with Gasteiger partial charge in [-0.1, -0.05) is 20.3 Å². The summed E-state index contributed by atoms with van der Waals surface area (Å²) >= 11 is 0. The Balaban J connectivity index is 4.64. The number of carbonyl (C=O) groups is 2. The summed E-state index contributed by atoms with van der Waals surface area (Å²) in [6.45, 7) is 6.99. The number of nitrogens with zero attached hydrogens (tertiary/aromatic N) is 1. The van der Waals surface area contributed by atoms with Crippen molar-refractivity contribution in [3.05, 3.63) is 0 Å². The molecule has 0 aromatic carbocycles. The van der Waals surface area contributed by atoms with Gasteiger partial charge in [-0.15, -0.1) is 0 Å². The third-order valence-electron chi connectivity index (χ3n) is 3.34. The van der Waals surface area contributed by atoms with Gasteiger partial charge in [-0.3, -0.25) is 0 Å². The van der Waals surface area contributed by atoms with Crippen molar-refractivity contribution in [1.82, 2.24) is 10.2 Å². The highest BCUT2D eigenvalue weighted by Crippen LogP contribution is 2.07. The van der Waals surface area contributed by atoms with Crippen molar-refractivity contribution in [2.24, 2.45) is 0 Å². The van der Waals surface area contributed by atoms with E-state index in [-0.39, 0.29) is 18.5 Å². The largest absolute Gasteiger partial charge is 0.480 e. The molecule has 2 N–H and O–H groups in total. The van der Waals surface area contributed by atoms with Crippen molar-refractivity contribution >= 4 is 12.0 Å². The highest BCUT2D eigenvalue weighted by molar-refractivity contribution is 5.82. The second kappa shape index (κ2) is 10.5. The fourth-order valence-corrected chi connectivity index (χ4v) is 1.80. The number of unbranched alkanes of at least 4 members (excludes halogenated alkanes) is 1. The van der Waals surface area contributed by atoms with Crippen LogP contribution in [0.2, 0.25) is 0 Å². The van der Waals surface area contributed by atoms with Gasteiger partial charge in [0.1, 0.15) is 6.04 Å². The first kappa shape index (κ1) is 18.7. The van der Waals surface area contributed by atoms with E-state index in [4.69, 9.17) is 9.84 Å². The third-order valence-corrected chi connectivity index (χ3v) is 3.34. The SMILES string of the molecule is CCCCN(C(=O)NC(CCOC)C(=O)O)C(C)CC. The van der Waals surface area contributed by atoms with Crippen LogP contribution in [0.4, 0.5) is 4.79 Å². The van der Waals surface area contributed by atoms with Gasteiger partial charge in [0.15, 0.2) is 0 Å². The Morgan fingerprint density at radius 2 is 2.00 bits per heavy atom. The van der Waals surface area contributed by atoms with Crippen LogP contribution in [0.3, 0.4) is 0 Å². The van der Waals surface area contributed by atoms with Crippen LogP contribution in [0.1, 0.15) is 46.5 Å². The Morgan fingerprint density at radius 3 is 2.45 bits per heavy atom. The molecule has 6 heteroatoms. The van der Waals surface area contributed by atoms with Gasteiger partial charge in [-0.25, -0.2) is 9.59 Å². The standard InChI is InChI=1S/C14H28N2O4/c1-5-7-9-16(11(3)6-2)14(19)15-12(13(17)18)8-10-20-4/h11-12H,5-10H2,1-4H3,(H,15,19)(H,17,18). The first-order valence-electron chi connectivity index (χ1n) is 7.26. The van der Waals surface area contributed by atoms with Gasteiger partial charge in [-0.2, -0.15) is 0 Å². The number of hydrogen-bond acceptors (Lipinski definition) is 3. The molecular weight excluding hydrogens is 260 g/mol. The van der Waals surface area contributed by atoms with Gasteiger partial charge in [0.25, 0.3) is 0 Å². The maximum Gasteiger partial charge on any atom is 0.326 e. The van der Waals surface area contributed by atoms with Crippen LogP contribution in [0, 0.1) is 0 Å². The van der Waals surface area contributed by atoms with E-state index in [9.17, 15) is 9.59 Å². The van der Waals surface area contributed by atoms with Crippen LogP contribution in [0.25, 0.3) is 0 Å². The van der Waals surface area contributed by atoms with Gasteiger partial charge in [0, 0.05) is 32.7 Å². The molecule has 0 aliphatic carbocycles. The number of urea groups is 1. The van der Waals surface area contributed by atoms with Gasteiger partial charge < -0.3 is 20.1 Å². The summed E-state index contributed by atoms with van der Waals surface area (Å²) in [6, 6.07) is -1.12. The number of ether oxygens (including phenoxy) is 1. The van der Waals surface area contributed by atoms with Crippen molar-refractivity contribution in [2.45, 2.75) is 58.5 Å². The molecule has 0 fully saturated rings. The highest BCUT2D eigenvalue weighted by Gasteiger charge is 2.24.